The second-order valence-electron chi connectivity index (χ2n) is 7.25. The first-order chi connectivity index (χ1) is 14.9. The average Bonchev–Trinajstić information content (AvgIpc) is 3.24. The maximum atomic E-state index is 12.1. The summed E-state index contributed by atoms with van der Waals surface area (Å²) in [6.45, 7) is 6.40. The average molecular weight is 434 g/mol. The fourth-order valence-corrected chi connectivity index (χ4v) is 4.84. The van der Waals surface area contributed by atoms with Gasteiger partial charge < -0.3 is 5.73 Å². The van der Waals surface area contributed by atoms with E-state index >= 15 is 0 Å². The predicted molar refractivity (Wildman–Crippen MR) is 121 cm³/mol. The van der Waals surface area contributed by atoms with Gasteiger partial charge in [-0.3, -0.25) is 19.8 Å². The van der Waals surface area contributed by atoms with Crippen LogP contribution in [0.3, 0.4) is 0 Å². The number of thiophene rings is 1. The molecule has 9 heteroatoms. The maximum Gasteiger partial charge on any atom is 0.236 e. The Morgan fingerprint density at radius 1 is 1.23 bits per heavy atom. The standard InChI is InChI=1S/C22H23N7OS/c1-12-13(2)31-22-19(12)20(16-8-6-15(7-9-16)5-4-10-23)25-17(11-18(30)26-24)21-28-27-14(3)29(21)22/h6-9,17H,10-11,23-24H2,1-3H3,(H,26,30)/t17-/m0/s1. The van der Waals surface area contributed by atoms with Crippen LogP contribution in [0.5, 0.6) is 0 Å². The Balaban J connectivity index is 1.93. The number of nitrogens with one attached hydrogen (secondary N) is 1. The molecule has 2 aromatic heterocycles. The number of hydrazine groups is 1. The van der Waals surface area contributed by atoms with E-state index in [1.165, 1.54) is 4.88 Å². The van der Waals surface area contributed by atoms with Crippen LogP contribution in [0.15, 0.2) is 29.3 Å². The van der Waals surface area contributed by atoms with Crippen LogP contribution in [0.25, 0.3) is 5.00 Å². The molecule has 0 aliphatic carbocycles. The van der Waals surface area contributed by atoms with E-state index in [0.717, 1.165) is 38.8 Å². The summed E-state index contributed by atoms with van der Waals surface area (Å²) in [6.07, 6.45) is 0.0746. The van der Waals surface area contributed by atoms with E-state index in [-0.39, 0.29) is 12.3 Å². The summed E-state index contributed by atoms with van der Waals surface area (Å²) >= 11 is 1.67. The van der Waals surface area contributed by atoms with Gasteiger partial charge in [-0.15, -0.1) is 21.5 Å². The molecule has 1 amide bonds. The zero-order valence-electron chi connectivity index (χ0n) is 17.6. The van der Waals surface area contributed by atoms with Crippen molar-refractivity contribution >= 4 is 23.0 Å². The fraction of sp³-hybridized carbons (Fsp3) is 0.273. The van der Waals surface area contributed by atoms with Crippen molar-refractivity contribution in [3.63, 3.8) is 0 Å². The van der Waals surface area contributed by atoms with Crippen LogP contribution >= 0.6 is 11.3 Å². The molecule has 31 heavy (non-hydrogen) atoms. The summed E-state index contributed by atoms with van der Waals surface area (Å²) in [7, 11) is 0. The SMILES string of the molecule is Cc1sc2c(c1C)C(c1ccc(C#CCN)cc1)=N[C@@H](CC(=O)NN)c1nnc(C)n1-2. The van der Waals surface area contributed by atoms with Crippen molar-refractivity contribution in [3.05, 3.63) is 63.0 Å². The van der Waals surface area contributed by atoms with Gasteiger partial charge in [0.1, 0.15) is 16.9 Å². The molecule has 0 spiro atoms. The van der Waals surface area contributed by atoms with Gasteiger partial charge in [0.2, 0.25) is 5.91 Å². The van der Waals surface area contributed by atoms with Gasteiger partial charge in [-0.25, -0.2) is 5.84 Å². The lowest BCUT2D eigenvalue weighted by Crippen LogP contribution is -2.31. The van der Waals surface area contributed by atoms with Crippen LogP contribution in [-0.4, -0.2) is 32.9 Å². The number of benzene rings is 1. The number of amides is 1. The van der Waals surface area contributed by atoms with E-state index in [2.05, 4.69) is 41.3 Å². The molecule has 0 unspecified atom stereocenters. The first-order valence-electron chi connectivity index (χ1n) is 9.83. The van der Waals surface area contributed by atoms with Gasteiger partial charge in [0, 0.05) is 21.6 Å². The highest BCUT2D eigenvalue weighted by molar-refractivity contribution is 7.15. The lowest BCUT2D eigenvalue weighted by Gasteiger charge is -2.12. The quantitative estimate of drug-likeness (QED) is 0.252. The minimum Gasteiger partial charge on any atom is -0.320 e. The van der Waals surface area contributed by atoms with E-state index < -0.39 is 6.04 Å². The van der Waals surface area contributed by atoms with Crippen LogP contribution < -0.4 is 17.0 Å². The van der Waals surface area contributed by atoms with Crippen molar-refractivity contribution in [2.24, 2.45) is 16.6 Å². The highest BCUT2D eigenvalue weighted by Gasteiger charge is 2.32. The third-order valence-corrected chi connectivity index (χ3v) is 6.46. The fourth-order valence-electron chi connectivity index (χ4n) is 3.62. The molecule has 0 saturated carbocycles. The first kappa shape index (κ1) is 20.9. The first-order valence-corrected chi connectivity index (χ1v) is 10.7. The van der Waals surface area contributed by atoms with Crippen LogP contribution in [0.2, 0.25) is 0 Å². The van der Waals surface area contributed by atoms with Crippen molar-refractivity contribution in [2.45, 2.75) is 33.2 Å². The van der Waals surface area contributed by atoms with Gasteiger partial charge in [-0.2, -0.15) is 0 Å². The minimum atomic E-state index is -0.518. The van der Waals surface area contributed by atoms with E-state index in [9.17, 15) is 4.79 Å². The van der Waals surface area contributed by atoms with Crippen molar-refractivity contribution in [3.8, 4) is 16.8 Å². The molecule has 5 N–H and O–H groups in total. The van der Waals surface area contributed by atoms with Gasteiger partial charge in [-0.1, -0.05) is 24.0 Å². The van der Waals surface area contributed by atoms with Crippen molar-refractivity contribution < 1.29 is 4.79 Å². The van der Waals surface area contributed by atoms with Gasteiger partial charge in [-0.05, 0) is 38.5 Å². The number of carbonyl (C=O) groups is 1. The monoisotopic (exact) mass is 433 g/mol. The number of nitrogens with zero attached hydrogens (tertiary/aromatic N) is 4. The number of hydrogen-bond acceptors (Lipinski definition) is 7. The zero-order chi connectivity index (χ0) is 22.1. The Bertz CT molecular complexity index is 1240. The van der Waals surface area contributed by atoms with Gasteiger partial charge >= 0.3 is 0 Å². The van der Waals surface area contributed by atoms with Crippen molar-refractivity contribution in [2.75, 3.05) is 6.54 Å². The van der Waals surface area contributed by atoms with Crippen LogP contribution in [-0.2, 0) is 4.79 Å². The summed E-state index contributed by atoms with van der Waals surface area (Å²) in [6, 6.07) is 7.37. The normalized spacial score (nSPS) is 14.6. The molecular formula is C22H23N7OS. The van der Waals surface area contributed by atoms with Crippen LogP contribution in [0.4, 0.5) is 0 Å². The van der Waals surface area contributed by atoms with Crippen molar-refractivity contribution in [1.29, 1.82) is 0 Å². The molecule has 8 nitrogen and oxygen atoms in total. The predicted octanol–water partition coefficient (Wildman–Crippen LogP) is 1.84. The molecule has 158 valence electrons. The number of aliphatic imine (C=N–C) groups is 1. The number of carbonyl (C=O) groups excluding carboxylic acids is 1. The Kier molecular flexibility index (Phi) is 5.69. The molecule has 0 bridgehead atoms. The number of fused-ring (bicyclic) bond motifs is 3. The van der Waals surface area contributed by atoms with Crippen LogP contribution in [0, 0.1) is 32.6 Å². The summed E-state index contributed by atoms with van der Waals surface area (Å²) in [5.41, 5.74) is 12.5. The topological polar surface area (TPSA) is 124 Å². The molecule has 3 heterocycles. The third-order valence-electron chi connectivity index (χ3n) is 5.27. The summed E-state index contributed by atoms with van der Waals surface area (Å²) in [5, 5.41) is 9.63. The lowest BCUT2D eigenvalue weighted by atomic mass is 9.98. The largest absolute Gasteiger partial charge is 0.320 e. The molecule has 4 rings (SSSR count). The summed E-state index contributed by atoms with van der Waals surface area (Å²) in [5.74, 6) is 12.3. The highest BCUT2D eigenvalue weighted by atomic mass is 32.1. The molecule has 3 aromatic rings. The Morgan fingerprint density at radius 2 is 1.97 bits per heavy atom. The summed E-state index contributed by atoms with van der Waals surface area (Å²) < 4.78 is 2.01. The molecule has 0 fully saturated rings. The molecule has 0 radical (unpaired) electrons. The second kappa shape index (κ2) is 8.43. The molecule has 1 aliphatic rings. The number of hydrogen-bond donors (Lipinski definition) is 3. The smallest absolute Gasteiger partial charge is 0.236 e. The number of aromatic nitrogens is 3. The van der Waals surface area contributed by atoms with Crippen molar-refractivity contribution in [1.82, 2.24) is 20.2 Å². The zero-order valence-corrected chi connectivity index (χ0v) is 18.4. The number of rotatable bonds is 3. The van der Waals surface area contributed by atoms with Gasteiger partial charge in [0.05, 0.1) is 18.7 Å². The number of nitrogens with two attached hydrogens (primary N) is 2. The Morgan fingerprint density at radius 3 is 2.65 bits per heavy atom. The molecule has 1 aliphatic heterocycles. The van der Waals surface area contributed by atoms with E-state index in [0.29, 0.717) is 12.4 Å². The van der Waals surface area contributed by atoms with Crippen LogP contribution in [0.1, 0.15) is 51.2 Å². The molecule has 0 saturated heterocycles. The Labute approximate surface area is 184 Å². The van der Waals surface area contributed by atoms with Gasteiger partial charge in [0.25, 0.3) is 0 Å². The number of aryl methyl sites for hydroxylation is 2. The van der Waals surface area contributed by atoms with Gasteiger partial charge in [0.15, 0.2) is 5.82 Å². The maximum absolute atomic E-state index is 12.1. The highest BCUT2D eigenvalue weighted by Crippen LogP contribution is 2.39. The molecule has 1 atom stereocenters. The molecular weight excluding hydrogens is 410 g/mol. The summed E-state index contributed by atoms with van der Waals surface area (Å²) in [4.78, 5) is 18.4. The third kappa shape index (κ3) is 3.77. The van der Waals surface area contributed by atoms with E-state index in [4.69, 9.17) is 16.6 Å². The van der Waals surface area contributed by atoms with E-state index in [1.807, 2.05) is 35.8 Å². The minimum absolute atomic E-state index is 0.0746. The van der Waals surface area contributed by atoms with E-state index in [1.54, 1.807) is 11.3 Å². The Hall–Kier alpha value is -3.32. The lowest BCUT2D eigenvalue weighted by molar-refractivity contribution is -0.121. The molecule has 1 aromatic carbocycles. The second-order valence-corrected chi connectivity index (χ2v) is 8.46.